The van der Waals surface area contributed by atoms with Crippen molar-refractivity contribution in [1.29, 1.82) is 0 Å². The monoisotopic (exact) mass is 237 g/mol. The van der Waals surface area contributed by atoms with Gasteiger partial charge in [0, 0.05) is 12.1 Å². The van der Waals surface area contributed by atoms with E-state index in [0.717, 1.165) is 12.8 Å². The van der Waals surface area contributed by atoms with Crippen molar-refractivity contribution in [3.8, 4) is 0 Å². The van der Waals surface area contributed by atoms with E-state index in [2.05, 4.69) is 19.2 Å². The van der Waals surface area contributed by atoms with Crippen molar-refractivity contribution >= 4 is 5.91 Å². The number of aryl methyl sites for hydroxylation is 1. The van der Waals surface area contributed by atoms with E-state index in [1.54, 1.807) is 19.1 Å². The number of carbonyl (C=O) groups is 1. The van der Waals surface area contributed by atoms with Crippen LogP contribution in [0.1, 0.15) is 42.6 Å². The summed E-state index contributed by atoms with van der Waals surface area (Å²) in [4.78, 5) is 11.8. The second-order valence-electron chi connectivity index (χ2n) is 4.36. The summed E-state index contributed by atoms with van der Waals surface area (Å²) in [6, 6.07) is 4.57. The van der Waals surface area contributed by atoms with Crippen LogP contribution in [0, 0.1) is 18.7 Å². The molecule has 1 N–H and O–H groups in total. The summed E-state index contributed by atoms with van der Waals surface area (Å²) in [6.45, 7) is 6.54. The van der Waals surface area contributed by atoms with Crippen LogP contribution in [0.4, 0.5) is 4.39 Å². The molecule has 0 unspecified atom stereocenters. The van der Waals surface area contributed by atoms with Gasteiger partial charge in [0.1, 0.15) is 5.82 Å². The fourth-order valence-corrected chi connectivity index (χ4v) is 1.65. The van der Waals surface area contributed by atoms with Gasteiger partial charge < -0.3 is 5.32 Å². The molecule has 3 heteroatoms. The van der Waals surface area contributed by atoms with E-state index in [0.29, 0.717) is 23.6 Å². The van der Waals surface area contributed by atoms with Gasteiger partial charge in [-0.25, -0.2) is 4.39 Å². The highest BCUT2D eigenvalue weighted by Crippen LogP contribution is 2.10. The molecule has 0 heterocycles. The lowest BCUT2D eigenvalue weighted by Gasteiger charge is -2.13. The van der Waals surface area contributed by atoms with Crippen molar-refractivity contribution < 1.29 is 9.18 Å². The van der Waals surface area contributed by atoms with E-state index in [4.69, 9.17) is 0 Å². The molecule has 0 aliphatic carbocycles. The summed E-state index contributed by atoms with van der Waals surface area (Å²) in [5, 5.41) is 2.84. The maximum absolute atomic E-state index is 13.3. The van der Waals surface area contributed by atoms with Gasteiger partial charge in [-0.05, 0) is 30.5 Å². The lowest BCUT2D eigenvalue weighted by molar-refractivity contribution is 0.0946. The molecule has 1 aromatic rings. The molecule has 0 aromatic heterocycles. The molecule has 0 atom stereocenters. The van der Waals surface area contributed by atoms with Crippen LogP contribution in [-0.2, 0) is 0 Å². The normalized spacial score (nSPS) is 10.6. The fourth-order valence-electron chi connectivity index (χ4n) is 1.65. The number of carbonyl (C=O) groups excluding carboxylic acids is 1. The fraction of sp³-hybridized carbons (Fsp3) is 0.500. The SMILES string of the molecule is CCC(CC)CNC(=O)c1ccc(C)c(F)c1. The van der Waals surface area contributed by atoms with Gasteiger partial charge in [-0.15, -0.1) is 0 Å². The van der Waals surface area contributed by atoms with Crippen molar-refractivity contribution in [2.24, 2.45) is 5.92 Å². The standard InChI is InChI=1S/C14H20FNO/c1-4-11(5-2)9-16-14(17)12-7-6-10(3)13(15)8-12/h6-8,11H,4-5,9H2,1-3H3,(H,16,17). The van der Waals surface area contributed by atoms with Crippen LogP contribution in [0.15, 0.2) is 18.2 Å². The summed E-state index contributed by atoms with van der Waals surface area (Å²) in [7, 11) is 0. The maximum atomic E-state index is 13.3. The highest BCUT2D eigenvalue weighted by atomic mass is 19.1. The lowest BCUT2D eigenvalue weighted by atomic mass is 10.0. The van der Waals surface area contributed by atoms with Gasteiger partial charge in [-0.1, -0.05) is 32.8 Å². The third-order valence-electron chi connectivity index (χ3n) is 3.14. The Morgan fingerprint density at radius 1 is 1.35 bits per heavy atom. The Kier molecular flexibility index (Phi) is 5.13. The number of nitrogens with one attached hydrogen (secondary N) is 1. The Labute approximate surface area is 102 Å². The van der Waals surface area contributed by atoms with Crippen LogP contribution < -0.4 is 5.32 Å². The van der Waals surface area contributed by atoms with Crippen molar-refractivity contribution in [3.05, 3.63) is 35.1 Å². The summed E-state index contributed by atoms with van der Waals surface area (Å²) < 4.78 is 13.3. The number of benzene rings is 1. The molecular weight excluding hydrogens is 217 g/mol. The first-order chi connectivity index (χ1) is 8.08. The topological polar surface area (TPSA) is 29.1 Å². The number of amides is 1. The van der Waals surface area contributed by atoms with Gasteiger partial charge in [0.15, 0.2) is 0 Å². The molecule has 0 spiro atoms. The smallest absolute Gasteiger partial charge is 0.251 e. The zero-order valence-corrected chi connectivity index (χ0v) is 10.7. The van der Waals surface area contributed by atoms with Crippen LogP contribution >= 0.6 is 0 Å². The number of rotatable bonds is 5. The quantitative estimate of drug-likeness (QED) is 0.836. The highest BCUT2D eigenvalue weighted by Gasteiger charge is 2.10. The molecule has 1 amide bonds. The van der Waals surface area contributed by atoms with Gasteiger partial charge in [0.2, 0.25) is 0 Å². The van der Waals surface area contributed by atoms with Crippen LogP contribution in [0.2, 0.25) is 0 Å². The molecule has 2 nitrogen and oxygen atoms in total. The zero-order chi connectivity index (χ0) is 12.8. The minimum Gasteiger partial charge on any atom is -0.352 e. The summed E-state index contributed by atoms with van der Waals surface area (Å²) in [6.07, 6.45) is 2.08. The van der Waals surface area contributed by atoms with Gasteiger partial charge in [0.05, 0.1) is 0 Å². The Balaban J connectivity index is 2.61. The Bertz CT molecular complexity index is 386. The second kappa shape index (κ2) is 6.38. The van der Waals surface area contributed by atoms with E-state index in [9.17, 15) is 9.18 Å². The molecule has 0 fully saturated rings. The Morgan fingerprint density at radius 2 is 2.00 bits per heavy atom. The van der Waals surface area contributed by atoms with Crippen LogP contribution in [0.25, 0.3) is 0 Å². The van der Waals surface area contributed by atoms with Crippen LogP contribution in [0.3, 0.4) is 0 Å². The van der Waals surface area contributed by atoms with Gasteiger partial charge in [-0.3, -0.25) is 4.79 Å². The molecule has 0 radical (unpaired) electrons. The zero-order valence-electron chi connectivity index (χ0n) is 10.7. The van der Waals surface area contributed by atoms with E-state index < -0.39 is 0 Å². The molecule has 1 aromatic carbocycles. The molecule has 0 aliphatic rings. The Morgan fingerprint density at radius 3 is 2.53 bits per heavy atom. The van der Waals surface area contributed by atoms with Gasteiger partial charge in [0.25, 0.3) is 5.91 Å². The first-order valence-electron chi connectivity index (χ1n) is 6.12. The predicted octanol–water partition coefficient (Wildman–Crippen LogP) is 3.30. The van der Waals surface area contributed by atoms with Crippen molar-refractivity contribution in [2.75, 3.05) is 6.54 Å². The van der Waals surface area contributed by atoms with Crippen LogP contribution in [-0.4, -0.2) is 12.5 Å². The molecule has 1 rings (SSSR count). The predicted molar refractivity (Wildman–Crippen MR) is 67.5 cm³/mol. The van der Waals surface area contributed by atoms with E-state index in [-0.39, 0.29) is 11.7 Å². The third-order valence-corrected chi connectivity index (χ3v) is 3.14. The number of hydrogen-bond donors (Lipinski definition) is 1. The van der Waals surface area contributed by atoms with E-state index in [1.807, 2.05) is 0 Å². The molecule has 0 aliphatic heterocycles. The minimum absolute atomic E-state index is 0.198. The first kappa shape index (κ1) is 13.7. The third kappa shape index (κ3) is 3.84. The average Bonchev–Trinajstić information content (AvgIpc) is 2.33. The number of halogens is 1. The van der Waals surface area contributed by atoms with Crippen molar-refractivity contribution in [1.82, 2.24) is 5.32 Å². The highest BCUT2D eigenvalue weighted by molar-refractivity contribution is 5.94. The van der Waals surface area contributed by atoms with Crippen LogP contribution in [0.5, 0.6) is 0 Å². The molecular formula is C14H20FNO. The number of hydrogen-bond acceptors (Lipinski definition) is 1. The van der Waals surface area contributed by atoms with E-state index in [1.165, 1.54) is 6.07 Å². The second-order valence-corrected chi connectivity index (χ2v) is 4.36. The molecule has 17 heavy (non-hydrogen) atoms. The molecule has 94 valence electrons. The molecule has 0 bridgehead atoms. The summed E-state index contributed by atoms with van der Waals surface area (Å²) >= 11 is 0. The lowest BCUT2D eigenvalue weighted by Crippen LogP contribution is -2.29. The summed E-state index contributed by atoms with van der Waals surface area (Å²) in [5.41, 5.74) is 0.945. The van der Waals surface area contributed by atoms with Crippen molar-refractivity contribution in [3.63, 3.8) is 0 Å². The largest absolute Gasteiger partial charge is 0.352 e. The van der Waals surface area contributed by atoms with Gasteiger partial charge in [-0.2, -0.15) is 0 Å². The van der Waals surface area contributed by atoms with Gasteiger partial charge >= 0.3 is 0 Å². The molecule has 0 saturated carbocycles. The summed E-state index contributed by atoms with van der Waals surface area (Å²) in [5.74, 6) is -0.0368. The maximum Gasteiger partial charge on any atom is 0.251 e. The first-order valence-corrected chi connectivity index (χ1v) is 6.12. The average molecular weight is 237 g/mol. The van der Waals surface area contributed by atoms with Crippen molar-refractivity contribution in [2.45, 2.75) is 33.6 Å². The van der Waals surface area contributed by atoms with E-state index >= 15 is 0 Å². The minimum atomic E-state index is -0.333. The Hall–Kier alpha value is -1.38. The molecule has 0 saturated heterocycles.